The summed E-state index contributed by atoms with van der Waals surface area (Å²) >= 11 is 0. The van der Waals surface area contributed by atoms with Crippen molar-refractivity contribution in [3.8, 4) is 0 Å². The first kappa shape index (κ1) is 19.7. The van der Waals surface area contributed by atoms with Crippen molar-refractivity contribution in [3.05, 3.63) is 65.1 Å². The van der Waals surface area contributed by atoms with Gasteiger partial charge >= 0.3 is 0 Å². The maximum Gasteiger partial charge on any atom is 0.259 e. The van der Waals surface area contributed by atoms with Crippen LogP contribution >= 0.6 is 0 Å². The second kappa shape index (κ2) is 9.76. The van der Waals surface area contributed by atoms with E-state index in [1.807, 2.05) is 31.2 Å². The Morgan fingerprint density at radius 3 is 2.65 bits per heavy atom. The van der Waals surface area contributed by atoms with Gasteiger partial charge in [0.05, 0.1) is 11.3 Å². The summed E-state index contributed by atoms with van der Waals surface area (Å²) in [6.45, 7) is 6.26. The standard InChI is InChI=1S/C22H29N3O/c1-4-6-7-8-18-11-12-24-21(14-18)19(15-23)22(26)25-20-13-17(5-2)10-9-16(20)3/h9-15H,4-8,23H2,1-3H3,(H,25,26)/b19-15+. The fraction of sp³-hybridized carbons (Fsp3) is 0.364. The number of hydrogen-bond donors (Lipinski definition) is 2. The van der Waals surface area contributed by atoms with E-state index in [4.69, 9.17) is 5.73 Å². The number of aromatic nitrogens is 1. The monoisotopic (exact) mass is 351 g/mol. The molecule has 4 heteroatoms. The van der Waals surface area contributed by atoms with E-state index in [1.54, 1.807) is 6.20 Å². The number of benzene rings is 1. The Hall–Kier alpha value is -2.62. The Kier molecular flexibility index (Phi) is 7.39. The lowest BCUT2D eigenvalue weighted by Crippen LogP contribution is -2.16. The lowest BCUT2D eigenvalue weighted by molar-refractivity contribution is -0.111. The third-order valence-electron chi connectivity index (χ3n) is 4.54. The molecule has 0 fully saturated rings. The normalized spacial score (nSPS) is 11.4. The summed E-state index contributed by atoms with van der Waals surface area (Å²) in [5, 5.41) is 2.98. The SMILES string of the molecule is CCCCCc1ccnc(/C(=C\N)C(=O)Nc2cc(CC)ccc2C)c1. The molecule has 1 heterocycles. The Morgan fingerprint density at radius 2 is 1.96 bits per heavy atom. The average molecular weight is 351 g/mol. The second-order valence-electron chi connectivity index (χ2n) is 6.54. The number of amides is 1. The lowest BCUT2D eigenvalue weighted by Gasteiger charge is -2.12. The minimum atomic E-state index is -0.234. The van der Waals surface area contributed by atoms with Crippen LogP contribution in [-0.4, -0.2) is 10.9 Å². The predicted molar refractivity (Wildman–Crippen MR) is 109 cm³/mol. The van der Waals surface area contributed by atoms with Gasteiger partial charge in [0.25, 0.3) is 5.91 Å². The minimum Gasteiger partial charge on any atom is -0.404 e. The van der Waals surface area contributed by atoms with Gasteiger partial charge in [-0.15, -0.1) is 0 Å². The molecular formula is C22H29N3O. The lowest BCUT2D eigenvalue weighted by atomic mass is 10.0. The van der Waals surface area contributed by atoms with E-state index in [9.17, 15) is 4.79 Å². The molecule has 1 aromatic heterocycles. The Labute approximate surface area is 156 Å². The van der Waals surface area contributed by atoms with E-state index < -0.39 is 0 Å². The van der Waals surface area contributed by atoms with Gasteiger partial charge in [0.15, 0.2) is 0 Å². The number of unbranched alkanes of at least 4 members (excludes halogenated alkanes) is 2. The third kappa shape index (κ3) is 5.19. The van der Waals surface area contributed by atoms with E-state index in [0.717, 1.165) is 30.5 Å². The molecule has 0 saturated carbocycles. The topological polar surface area (TPSA) is 68.0 Å². The van der Waals surface area contributed by atoms with E-state index in [-0.39, 0.29) is 5.91 Å². The summed E-state index contributed by atoms with van der Waals surface area (Å²) < 4.78 is 0. The van der Waals surface area contributed by atoms with Crippen LogP contribution in [0.3, 0.4) is 0 Å². The number of nitrogens with two attached hydrogens (primary N) is 1. The highest BCUT2D eigenvalue weighted by atomic mass is 16.1. The van der Waals surface area contributed by atoms with E-state index in [2.05, 4.69) is 30.2 Å². The molecule has 0 atom stereocenters. The first-order valence-corrected chi connectivity index (χ1v) is 9.37. The maximum absolute atomic E-state index is 12.8. The van der Waals surface area contributed by atoms with Crippen LogP contribution in [-0.2, 0) is 17.6 Å². The molecule has 0 spiro atoms. The summed E-state index contributed by atoms with van der Waals surface area (Å²) in [7, 11) is 0. The molecule has 138 valence electrons. The maximum atomic E-state index is 12.8. The van der Waals surface area contributed by atoms with Gasteiger partial charge in [0.2, 0.25) is 0 Å². The number of rotatable bonds is 8. The molecule has 0 aliphatic heterocycles. The summed E-state index contributed by atoms with van der Waals surface area (Å²) in [5.41, 5.74) is 11.0. The predicted octanol–water partition coefficient (Wildman–Crippen LogP) is 4.62. The molecule has 3 N–H and O–H groups in total. The van der Waals surface area contributed by atoms with Crippen LogP contribution < -0.4 is 11.1 Å². The second-order valence-corrected chi connectivity index (χ2v) is 6.54. The molecule has 1 aromatic carbocycles. The Bertz CT molecular complexity index is 781. The molecule has 1 amide bonds. The van der Waals surface area contributed by atoms with Crippen LogP contribution in [0.25, 0.3) is 5.57 Å². The summed E-state index contributed by atoms with van der Waals surface area (Å²) in [4.78, 5) is 17.1. The van der Waals surface area contributed by atoms with Gasteiger partial charge in [0, 0.05) is 18.1 Å². The zero-order valence-electron chi connectivity index (χ0n) is 16.0. The number of carbonyl (C=O) groups excluding carboxylic acids is 1. The molecule has 0 radical (unpaired) electrons. The van der Waals surface area contributed by atoms with Crippen LogP contribution in [0.2, 0.25) is 0 Å². The number of carbonyl (C=O) groups is 1. The molecule has 0 aliphatic carbocycles. The van der Waals surface area contributed by atoms with Gasteiger partial charge in [-0.05, 0) is 61.1 Å². The number of anilines is 1. The summed E-state index contributed by atoms with van der Waals surface area (Å²) in [6.07, 6.45) is 8.51. The quantitative estimate of drug-likeness (QED) is 0.538. The van der Waals surface area contributed by atoms with Gasteiger partial charge in [0.1, 0.15) is 0 Å². The van der Waals surface area contributed by atoms with Gasteiger partial charge in [-0.25, -0.2) is 0 Å². The fourth-order valence-corrected chi connectivity index (χ4v) is 2.85. The minimum absolute atomic E-state index is 0.234. The largest absolute Gasteiger partial charge is 0.404 e. The van der Waals surface area contributed by atoms with Crippen LogP contribution in [0.4, 0.5) is 5.69 Å². The highest BCUT2D eigenvalue weighted by Crippen LogP contribution is 2.21. The van der Waals surface area contributed by atoms with Crippen LogP contribution in [0.15, 0.2) is 42.7 Å². The molecular weight excluding hydrogens is 322 g/mol. The van der Waals surface area contributed by atoms with E-state index in [0.29, 0.717) is 11.3 Å². The highest BCUT2D eigenvalue weighted by Gasteiger charge is 2.15. The Balaban J connectivity index is 2.18. The number of nitrogens with zero attached hydrogens (tertiary/aromatic N) is 1. The van der Waals surface area contributed by atoms with Gasteiger partial charge in [-0.3, -0.25) is 9.78 Å². The Morgan fingerprint density at radius 1 is 1.15 bits per heavy atom. The smallest absolute Gasteiger partial charge is 0.259 e. The van der Waals surface area contributed by atoms with Crippen molar-refractivity contribution >= 4 is 17.2 Å². The van der Waals surface area contributed by atoms with E-state index in [1.165, 1.54) is 30.2 Å². The van der Waals surface area contributed by atoms with Crippen molar-refractivity contribution in [2.45, 2.75) is 52.9 Å². The average Bonchev–Trinajstić information content (AvgIpc) is 2.65. The number of pyridine rings is 1. The molecule has 0 aliphatic rings. The van der Waals surface area contributed by atoms with Crippen molar-refractivity contribution in [2.24, 2.45) is 5.73 Å². The first-order valence-electron chi connectivity index (χ1n) is 9.37. The van der Waals surface area contributed by atoms with Crippen LogP contribution in [0, 0.1) is 6.92 Å². The van der Waals surface area contributed by atoms with Crippen molar-refractivity contribution in [1.29, 1.82) is 0 Å². The zero-order valence-corrected chi connectivity index (χ0v) is 16.0. The molecule has 2 rings (SSSR count). The third-order valence-corrected chi connectivity index (χ3v) is 4.54. The number of aryl methyl sites for hydroxylation is 3. The van der Waals surface area contributed by atoms with E-state index >= 15 is 0 Å². The van der Waals surface area contributed by atoms with Crippen LogP contribution in [0.1, 0.15) is 55.5 Å². The first-order chi connectivity index (χ1) is 12.6. The fourth-order valence-electron chi connectivity index (χ4n) is 2.85. The summed E-state index contributed by atoms with van der Waals surface area (Å²) in [5.74, 6) is -0.234. The number of nitrogens with one attached hydrogen (secondary N) is 1. The van der Waals surface area contributed by atoms with Crippen molar-refractivity contribution in [2.75, 3.05) is 5.32 Å². The summed E-state index contributed by atoms with van der Waals surface area (Å²) in [6, 6.07) is 10.1. The van der Waals surface area contributed by atoms with Gasteiger partial charge in [-0.1, -0.05) is 38.8 Å². The van der Waals surface area contributed by atoms with Gasteiger partial charge < -0.3 is 11.1 Å². The van der Waals surface area contributed by atoms with Crippen LogP contribution in [0.5, 0.6) is 0 Å². The van der Waals surface area contributed by atoms with Gasteiger partial charge in [-0.2, -0.15) is 0 Å². The molecule has 0 bridgehead atoms. The number of hydrogen-bond acceptors (Lipinski definition) is 3. The zero-order chi connectivity index (χ0) is 18.9. The molecule has 26 heavy (non-hydrogen) atoms. The molecule has 0 saturated heterocycles. The molecule has 0 unspecified atom stereocenters. The van der Waals surface area contributed by atoms with Crippen molar-refractivity contribution in [3.63, 3.8) is 0 Å². The molecule has 4 nitrogen and oxygen atoms in total. The van der Waals surface area contributed by atoms with Crippen molar-refractivity contribution in [1.82, 2.24) is 4.98 Å². The van der Waals surface area contributed by atoms with Crippen molar-refractivity contribution < 1.29 is 4.79 Å². The highest BCUT2D eigenvalue weighted by molar-refractivity contribution is 6.24. The molecule has 2 aromatic rings.